The topological polar surface area (TPSA) is 104 Å². The zero-order chi connectivity index (χ0) is 26.6. The third-order valence-electron chi connectivity index (χ3n) is 6.13. The molecule has 1 N–H and O–H groups in total. The number of nitrogens with zero attached hydrogens (tertiary/aromatic N) is 5. The molecule has 3 heterocycles. The molecule has 0 spiro atoms. The van der Waals surface area contributed by atoms with Crippen molar-refractivity contribution in [1.82, 2.24) is 24.3 Å². The number of imidazole rings is 1. The normalized spacial score (nSPS) is 11.2. The van der Waals surface area contributed by atoms with Gasteiger partial charge < -0.3 is 19.1 Å². The number of hydrogen-bond donors (Lipinski definition) is 1. The highest BCUT2D eigenvalue weighted by Gasteiger charge is 2.15. The van der Waals surface area contributed by atoms with Crippen molar-refractivity contribution in [1.29, 1.82) is 0 Å². The van der Waals surface area contributed by atoms with Gasteiger partial charge in [-0.1, -0.05) is 18.2 Å². The lowest BCUT2D eigenvalue weighted by atomic mass is 10.1. The lowest BCUT2D eigenvalue weighted by Crippen LogP contribution is -2.12. The lowest BCUT2D eigenvalue weighted by molar-refractivity contribution is 0.0697. The van der Waals surface area contributed by atoms with Gasteiger partial charge in [-0.15, -0.1) is 0 Å². The van der Waals surface area contributed by atoms with Crippen LogP contribution in [-0.4, -0.2) is 49.1 Å². The molecule has 9 nitrogen and oxygen atoms in total. The van der Waals surface area contributed by atoms with Gasteiger partial charge in [-0.3, -0.25) is 4.68 Å². The quantitative estimate of drug-likeness (QED) is 0.287. The van der Waals surface area contributed by atoms with Gasteiger partial charge >= 0.3 is 5.97 Å². The smallest absolute Gasteiger partial charge is 0.335 e. The van der Waals surface area contributed by atoms with E-state index < -0.39 is 5.97 Å². The summed E-state index contributed by atoms with van der Waals surface area (Å²) in [6, 6.07) is 15.3. The zero-order valence-corrected chi connectivity index (χ0v) is 21.0. The molecular weight excluding hydrogens is 489 g/mol. The Morgan fingerprint density at radius 2 is 1.97 bits per heavy atom. The van der Waals surface area contributed by atoms with Crippen LogP contribution in [0.4, 0.5) is 4.39 Å². The summed E-state index contributed by atoms with van der Waals surface area (Å²) < 4.78 is 28.8. The molecule has 38 heavy (non-hydrogen) atoms. The van der Waals surface area contributed by atoms with E-state index >= 15 is 0 Å². The van der Waals surface area contributed by atoms with Gasteiger partial charge in [-0.05, 0) is 42.8 Å². The Kier molecular flexibility index (Phi) is 7.14. The molecule has 0 aliphatic heterocycles. The van der Waals surface area contributed by atoms with E-state index in [2.05, 4.69) is 10.1 Å². The summed E-state index contributed by atoms with van der Waals surface area (Å²) in [5, 5.41) is 13.9. The summed E-state index contributed by atoms with van der Waals surface area (Å²) in [6.45, 7) is 3.24. The Morgan fingerprint density at radius 3 is 2.76 bits per heavy atom. The van der Waals surface area contributed by atoms with Gasteiger partial charge in [0.15, 0.2) is 0 Å². The van der Waals surface area contributed by atoms with Crippen molar-refractivity contribution in [3.8, 4) is 17.1 Å². The third-order valence-corrected chi connectivity index (χ3v) is 6.13. The van der Waals surface area contributed by atoms with Crippen LogP contribution in [0.15, 0.2) is 67.0 Å². The fourth-order valence-corrected chi connectivity index (χ4v) is 4.16. The molecular formula is C28H26FN5O4. The lowest BCUT2D eigenvalue weighted by Gasteiger charge is -2.09. The number of carboxylic acids is 1. The number of ether oxygens (including phenoxy) is 2. The van der Waals surface area contributed by atoms with Crippen LogP contribution in [0.2, 0.25) is 0 Å². The number of halogens is 1. The Morgan fingerprint density at radius 1 is 1.11 bits per heavy atom. The summed E-state index contributed by atoms with van der Waals surface area (Å²) in [6.07, 6.45) is 3.56. The predicted molar refractivity (Wildman–Crippen MR) is 139 cm³/mol. The Hall–Kier alpha value is -4.57. The number of hydrogen-bond acceptors (Lipinski definition) is 6. The molecule has 10 heteroatoms. The first kappa shape index (κ1) is 25.1. The predicted octanol–water partition coefficient (Wildman–Crippen LogP) is 4.71. The van der Waals surface area contributed by atoms with E-state index in [0.717, 1.165) is 22.5 Å². The second-order valence-corrected chi connectivity index (χ2v) is 8.85. The molecule has 0 fully saturated rings. The molecule has 0 saturated heterocycles. The first-order valence-corrected chi connectivity index (χ1v) is 12.0. The summed E-state index contributed by atoms with van der Waals surface area (Å²) in [7, 11) is 1.61. The van der Waals surface area contributed by atoms with Crippen LogP contribution in [0.25, 0.3) is 22.3 Å². The van der Waals surface area contributed by atoms with Crippen LogP contribution in [0.3, 0.4) is 0 Å². The van der Waals surface area contributed by atoms with E-state index in [1.165, 1.54) is 6.07 Å². The summed E-state index contributed by atoms with van der Waals surface area (Å²) >= 11 is 0. The van der Waals surface area contributed by atoms with Crippen LogP contribution < -0.4 is 4.74 Å². The summed E-state index contributed by atoms with van der Waals surface area (Å²) in [4.78, 5) is 20.7. The molecule has 0 aliphatic rings. The van der Waals surface area contributed by atoms with Gasteiger partial charge in [0.2, 0.25) is 5.88 Å². The maximum absolute atomic E-state index is 14.1. The summed E-state index contributed by atoms with van der Waals surface area (Å²) in [5.74, 6) is -0.198. The van der Waals surface area contributed by atoms with E-state index in [9.17, 15) is 14.3 Å². The Labute approximate surface area is 218 Å². The van der Waals surface area contributed by atoms with Crippen molar-refractivity contribution in [2.45, 2.75) is 26.6 Å². The van der Waals surface area contributed by atoms with E-state index in [1.54, 1.807) is 48.3 Å². The molecule has 2 aromatic carbocycles. The highest BCUT2D eigenvalue weighted by atomic mass is 19.1. The molecule has 5 aromatic rings. The molecule has 0 amide bonds. The number of carbonyl (C=O) groups is 1. The van der Waals surface area contributed by atoms with Crippen molar-refractivity contribution >= 4 is 17.0 Å². The minimum atomic E-state index is -0.993. The van der Waals surface area contributed by atoms with E-state index in [4.69, 9.17) is 14.5 Å². The van der Waals surface area contributed by atoms with Crippen LogP contribution in [0, 0.1) is 12.7 Å². The molecule has 0 aliphatic carbocycles. The average Bonchev–Trinajstić information content (AvgIpc) is 3.51. The maximum Gasteiger partial charge on any atom is 0.335 e. The molecule has 0 bridgehead atoms. The van der Waals surface area contributed by atoms with Gasteiger partial charge in [0.05, 0.1) is 41.6 Å². The first-order valence-electron chi connectivity index (χ1n) is 12.0. The molecule has 0 atom stereocenters. The SMILES string of the molecule is COCCn1c(Cn2cc(-c3cccc(OCc4ccc(C)cc4F)n3)cn2)nc2ccc(C(=O)O)cc21. The number of carboxylic acid groups (broad SMARTS) is 1. The highest BCUT2D eigenvalue weighted by Crippen LogP contribution is 2.23. The fraction of sp³-hybridized carbons (Fsp3) is 0.214. The largest absolute Gasteiger partial charge is 0.478 e. The van der Waals surface area contributed by atoms with Crippen molar-refractivity contribution in [2.75, 3.05) is 13.7 Å². The van der Waals surface area contributed by atoms with Gasteiger partial charge in [0, 0.05) is 37.0 Å². The number of rotatable bonds is 10. The minimum Gasteiger partial charge on any atom is -0.478 e. The van der Waals surface area contributed by atoms with Crippen molar-refractivity contribution in [2.24, 2.45) is 0 Å². The second kappa shape index (κ2) is 10.8. The van der Waals surface area contributed by atoms with Crippen LogP contribution in [0.1, 0.15) is 27.3 Å². The second-order valence-electron chi connectivity index (χ2n) is 8.85. The van der Waals surface area contributed by atoms with Gasteiger partial charge in [0.1, 0.15) is 18.2 Å². The van der Waals surface area contributed by atoms with E-state index in [0.29, 0.717) is 42.4 Å². The minimum absolute atomic E-state index is 0.0725. The zero-order valence-electron chi connectivity index (χ0n) is 21.0. The van der Waals surface area contributed by atoms with Crippen LogP contribution in [-0.2, 0) is 24.4 Å². The number of fused-ring (bicyclic) bond motifs is 1. The Bertz CT molecular complexity index is 1610. The number of methoxy groups -OCH3 is 1. The van der Waals surface area contributed by atoms with Crippen molar-refractivity contribution in [3.05, 3.63) is 95.3 Å². The number of aromatic nitrogens is 5. The summed E-state index contributed by atoms with van der Waals surface area (Å²) in [5.41, 5.74) is 4.38. The monoisotopic (exact) mass is 515 g/mol. The van der Waals surface area contributed by atoms with E-state index in [1.807, 2.05) is 35.9 Å². The maximum atomic E-state index is 14.1. The van der Waals surface area contributed by atoms with Crippen molar-refractivity contribution < 1.29 is 23.8 Å². The van der Waals surface area contributed by atoms with Crippen LogP contribution in [0.5, 0.6) is 5.88 Å². The van der Waals surface area contributed by atoms with Crippen LogP contribution >= 0.6 is 0 Å². The van der Waals surface area contributed by atoms with Gasteiger partial charge in [-0.2, -0.15) is 5.10 Å². The number of pyridine rings is 1. The van der Waals surface area contributed by atoms with Crippen molar-refractivity contribution in [3.63, 3.8) is 0 Å². The molecule has 194 valence electrons. The van der Waals surface area contributed by atoms with Gasteiger partial charge in [0.25, 0.3) is 0 Å². The average molecular weight is 516 g/mol. The molecule has 0 unspecified atom stereocenters. The molecule has 3 aromatic heterocycles. The molecule has 0 radical (unpaired) electrons. The first-order chi connectivity index (χ1) is 18.4. The van der Waals surface area contributed by atoms with Gasteiger partial charge in [-0.25, -0.2) is 19.2 Å². The molecule has 5 rings (SSSR count). The fourth-order valence-electron chi connectivity index (χ4n) is 4.16. The highest BCUT2D eigenvalue weighted by molar-refractivity contribution is 5.92. The third kappa shape index (κ3) is 5.40. The Balaban J connectivity index is 1.35. The van der Waals surface area contributed by atoms with E-state index in [-0.39, 0.29) is 18.0 Å². The number of aryl methyl sites for hydroxylation is 1. The molecule has 0 saturated carbocycles. The standard InChI is InChI=1S/C28H26FN5O4/c1-18-6-7-20(22(29)12-18)17-38-27-5-3-4-23(32-27)21-14-30-33(15-21)16-26-31-24-9-8-19(28(35)36)13-25(24)34(26)10-11-37-2/h3-9,12-15H,10-11,16-17H2,1-2H3,(H,35,36). The number of benzene rings is 2. The number of aromatic carboxylic acids is 1.